The van der Waals surface area contributed by atoms with Gasteiger partial charge in [0.15, 0.2) is 23.2 Å². The number of aryl methyl sites for hydroxylation is 1. The number of carbonyl (C=O) groups excluding carboxylic acids is 2. The third-order valence-electron chi connectivity index (χ3n) is 4.02. The van der Waals surface area contributed by atoms with E-state index in [1.807, 2.05) is 13.0 Å². The van der Waals surface area contributed by atoms with Crippen LogP contribution in [0.1, 0.15) is 33.3 Å². The molecule has 0 saturated carbocycles. The Kier molecular flexibility index (Phi) is 6.97. The van der Waals surface area contributed by atoms with Gasteiger partial charge in [-0.25, -0.2) is 4.98 Å². The number of anilines is 1. The molecular weight excluding hydrogens is 388 g/mol. The van der Waals surface area contributed by atoms with Gasteiger partial charge in [-0.05, 0) is 37.6 Å². The Labute approximate surface area is 173 Å². The summed E-state index contributed by atoms with van der Waals surface area (Å²) in [6.07, 6.45) is 3.27. The molecule has 3 aromatic rings. The molecule has 29 heavy (non-hydrogen) atoms. The molecule has 7 heteroatoms. The summed E-state index contributed by atoms with van der Waals surface area (Å²) in [5.41, 5.74) is 2.90. The minimum Gasteiger partial charge on any atom is -0.490 e. The van der Waals surface area contributed by atoms with Gasteiger partial charge in [-0.15, -0.1) is 11.3 Å². The number of nitrogens with zero attached hydrogens (tertiary/aromatic N) is 1. The minimum absolute atomic E-state index is 0.187. The Morgan fingerprint density at radius 2 is 2.03 bits per heavy atom. The van der Waals surface area contributed by atoms with Crippen molar-refractivity contribution in [2.24, 2.45) is 0 Å². The van der Waals surface area contributed by atoms with Gasteiger partial charge in [0.25, 0.3) is 5.91 Å². The lowest BCUT2D eigenvalue weighted by atomic mass is 10.1. The summed E-state index contributed by atoms with van der Waals surface area (Å²) >= 11 is 1.44. The van der Waals surface area contributed by atoms with Crippen LogP contribution in [0.4, 0.5) is 5.13 Å². The monoisotopic (exact) mass is 410 g/mol. The number of aldehydes is 1. The van der Waals surface area contributed by atoms with Gasteiger partial charge in [0, 0.05) is 23.1 Å². The molecule has 3 rings (SSSR count). The molecule has 0 spiro atoms. The van der Waals surface area contributed by atoms with Crippen molar-refractivity contribution in [2.75, 3.05) is 18.5 Å². The van der Waals surface area contributed by atoms with Gasteiger partial charge in [0.1, 0.15) is 6.29 Å². The van der Waals surface area contributed by atoms with Crippen LogP contribution in [0.5, 0.6) is 11.5 Å². The second-order valence-electron chi connectivity index (χ2n) is 6.39. The van der Waals surface area contributed by atoms with E-state index in [-0.39, 0.29) is 12.5 Å². The van der Waals surface area contributed by atoms with Crippen LogP contribution in [0, 0.1) is 6.92 Å². The van der Waals surface area contributed by atoms with Crippen molar-refractivity contribution in [3.8, 4) is 11.5 Å². The Morgan fingerprint density at radius 3 is 2.79 bits per heavy atom. The van der Waals surface area contributed by atoms with Gasteiger partial charge < -0.3 is 9.47 Å². The third-order valence-corrected chi connectivity index (χ3v) is 4.94. The van der Waals surface area contributed by atoms with Crippen molar-refractivity contribution in [3.63, 3.8) is 0 Å². The molecule has 2 aromatic carbocycles. The Hall–Kier alpha value is -3.19. The number of amides is 1. The summed E-state index contributed by atoms with van der Waals surface area (Å²) in [7, 11) is 0. The number of benzene rings is 2. The van der Waals surface area contributed by atoms with E-state index < -0.39 is 0 Å². The largest absolute Gasteiger partial charge is 0.490 e. The SMILES string of the molecule is CCOc1cc(C=O)ccc1OCC(=O)Nc1ncc(Cc2cccc(C)c2)s1. The normalized spacial score (nSPS) is 10.4. The van der Waals surface area contributed by atoms with Crippen LogP contribution in [0.2, 0.25) is 0 Å². The minimum atomic E-state index is -0.316. The Morgan fingerprint density at radius 1 is 1.17 bits per heavy atom. The lowest BCUT2D eigenvalue weighted by molar-refractivity contribution is -0.118. The molecule has 150 valence electrons. The maximum Gasteiger partial charge on any atom is 0.264 e. The molecule has 0 unspecified atom stereocenters. The molecule has 1 aromatic heterocycles. The summed E-state index contributed by atoms with van der Waals surface area (Å²) in [4.78, 5) is 28.5. The first-order chi connectivity index (χ1) is 14.1. The highest BCUT2D eigenvalue weighted by Gasteiger charge is 2.11. The highest BCUT2D eigenvalue weighted by Crippen LogP contribution is 2.28. The molecule has 0 radical (unpaired) electrons. The zero-order chi connectivity index (χ0) is 20.6. The van der Waals surface area contributed by atoms with Crippen LogP contribution in [0.25, 0.3) is 0 Å². The number of carbonyl (C=O) groups is 2. The molecule has 0 bridgehead atoms. The lowest BCUT2D eigenvalue weighted by Crippen LogP contribution is -2.20. The zero-order valence-corrected chi connectivity index (χ0v) is 17.1. The lowest BCUT2D eigenvalue weighted by Gasteiger charge is -2.11. The van der Waals surface area contributed by atoms with E-state index in [0.717, 1.165) is 17.6 Å². The van der Waals surface area contributed by atoms with Crippen LogP contribution >= 0.6 is 11.3 Å². The maximum atomic E-state index is 12.2. The predicted octanol–water partition coefficient (Wildman–Crippen LogP) is 4.27. The average molecular weight is 410 g/mol. The molecule has 1 amide bonds. The molecule has 0 fully saturated rings. The summed E-state index contributed by atoms with van der Waals surface area (Å²) in [5, 5.41) is 3.28. The number of thiazole rings is 1. The fraction of sp³-hybridized carbons (Fsp3) is 0.227. The zero-order valence-electron chi connectivity index (χ0n) is 16.3. The van der Waals surface area contributed by atoms with Gasteiger partial charge in [-0.3, -0.25) is 14.9 Å². The van der Waals surface area contributed by atoms with Crippen molar-refractivity contribution in [1.29, 1.82) is 0 Å². The van der Waals surface area contributed by atoms with E-state index in [4.69, 9.17) is 9.47 Å². The molecule has 0 aliphatic carbocycles. The van der Waals surface area contributed by atoms with E-state index in [2.05, 4.69) is 35.4 Å². The molecule has 0 atom stereocenters. The molecule has 0 saturated heterocycles. The fourth-order valence-electron chi connectivity index (χ4n) is 2.75. The number of rotatable bonds is 9. The standard InChI is InChI=1S/C22H22N2O4S/c1-3-27-20-11-17(13-25)7-8-19(20)28-14-21(26)24-22-23-12-18(29-22)10-16-6-4-5-15(2)9-16/h4-9,11-13H,3,10,14H2,1-2H3,(H,23,24,26). The fourth-order valence-corrected chi connectivity index (χ4v) is 3.62. The van der Waals surface area contributed by atoms with Crippen LogP contribution < -0.4 is 14.8 Å². The first-order valence-electron chi connectivity index (χ1n) is 9.22. The van der Waals surface area contributed by atoms with E-state index in [1.165, 1.54) is 22.5 Å². The van der Waals surface area contributed by atoms with E-state index >= 15 is 0 Å². The van der Waals surface area contributed by atoms with Crippen LogP contribution in [0.15, 0.2) is 48.7 Å². The number of ether oxygens (including phenoxy) is 2. The predicted molar refractivity (Wildman–Crippen MR) is 113 cm³/mol. The highest BCUT2D eigenvalue weighted by molar-refractivity contribution is 7.15. The van der Waals surface area contributed by atoms with Crippen molar-refractivity contribution >= 4 is 28.7 Å². The van der Waals surface area contributed by atoms with Crippen LogP contribution in [0.3, 0.4) is 0 Å². The second kappa shape index (κ2) is 9.84. The van der Waals surface area contributed by atoms with Crippen LogP contribution in [-0.4, -0.2) is 30.4 Å². The topological polar surface area (TPSA) is 77.5 Å². The average Bonchev–Trinajstić information content (AvgIpc) is 3.13. The quantitative estimate of drug-likeness (QED) is 0.533. The third kappa shape index (κ3) is 5.89. The summed E-state index contributed by atoms with van der Waals surface area (Å²) in [6, 6.07) is 13.1. The molecule has 0 aliphatic heterocycles. The molecule has 1 heterocycles. The number of hydrogen-bond donors (Lipinski definition) is 1. The van der Waals surface area contributed by atoms with Gasteiger partial charge in [-0.1, -0.05) is 29.8 Å². The van der Waals surface area contributed by atoms with Crippen molar-refractivity contribution in [2.45, 2.75) is 20.3 Å². The van der Waals surface area contributed by atoms with Crippen molar-refractivity contribution in [1.82, 2.24) is 4.98 Å². The number of aromatic nitrogens is 1. The Bertz CT molecular complexity index is 1000. The van der Waals surface area contributed by atoms with Crippen molar-refractivity contribution in [3.05, 3.63) is 70.2 Å². The smallest absolute Gasteiger partial charge is 0.264 e. The summed E-state index contributed by atoms with van der Waals surface area (Å²) in [5.74, 6) is 0.523. The van der Waals surface area contributed by atoms with E-state index in [0.29, 0.717) is 28.8 Å². The second-order valence-corrected chi connectivity index (χ2v) is 7.51. The molecule has 6 nitrogen and oxygen atoms in total. The summed E-state index contributed by atoms with van der Waals surface area (Å²) in [6.45, 7) is 4.13. The first-order valence-corrected chi connectivity index (χ1v) is 10.0. The number of hydrogen-bond acceptors (Lipinski definition) is 6. The Balaban J connectivity index is 1.56. The molecule has 1 N–H and O–H groups in total. The molecular formula is C22H22N2O4S. The van der Waals surface area contributed by atoms with E-state index in [1.54, 1.807) is 24.4 Å². The number of nitrogens with one attached hydrogen (secondary N) is 1. The maximum absolute atomic E-state index is 12.2. The summed E-state index contributed by atoms with van der Waals surface area (Å²) < 4.78 is 11.0. The first kappa shape index (κ1) is 20.5. The van der Waals surface area contributed by atoms with Gasteiger partial charge in [0.2, 0.25) is 0 Å². The highest BCUT2D eigenvalue weighted by atomic mass is 32.1. The van der Waals surface area contributed by atoms with E-state index in [9.17, 15) is 9.59 Å². The van der Waals surface area contributed by atoms with Gasteiger partial charge >= 0.3 is 0 Å². The van der Waals surface area contributed by atoms with Crippen LogP contribution in [-0.2, 0) is 11.2 Å². The molecule has 0 aliphatic rings. The van der Waals surface area contributed by atoms with Crippen molar-refractivity contribution < 1.29 is 19.1 Å². The van der Waals surface area contributed by atoms with Gasteiger partial charge in [0.05, 0.1) is 6.61 Å². The van der Waals surface area contributed by atoms with Gasteiger partial charge in [-0.2, -0.15) is 0 Å².